The van der Waals surface area contributed by atoms with Crippen LogP contribution in [-0.2, 0) is 13.0 Å². The third kappa shape index (κ3) is 2.10. The van der Waals surface area contributed by atoms with E-state index in [1.54, 1.807) is 0 Å². The summed E-state index contributed by atoms with van der Waals surface area (Å²) in [6, 6.07) is 12.9. The Morgan fingerprint density at radius 3 is 2.31 bits per heavy atom. The normalized spacial score (nSPS) is 10.9. The molecule has 0 aliphatic heterocycles. The minimum Gasteiger partial charge on any atom is -0.326 e. The molecule has 0 radical (unpaired) electrons. The minimum absolute atomic E-state index is 0.625. The van der Waals surface area contributed by atoms with Crippen LogP contribution in [-0.4, -0.2) is 0 Å². The van der Waals surface area contributed by atoms with Gasteiger partial charge in [0.2, 0.25) is 0 Å². The smallest absolute Gasteiger partial charge is 0.0184 e. The van der Waals surface area contributed by atoms with Crippen molar-refractivity contribution in [1.29, 1.82) is 0 Å². The number of hydrogen-bond donors (Lipinski definition) is 1. The first-order valence-electron chi connectivity index (χ1n) is 6.06. The monoisotopic (exact) mass is 213 g/mol. The lowest BCUT2D eigenvalue weighted by Gasteiger charge is -2.10. The van der Waals surface area contributed by atoms with Gasteiger partial charge in [0.25, 0.3) is 0 Å². The second-order valence-corrected chi connectivity index (χ2v) is 4.24. The van der Waals surface area contributed by atoms with Gasteiger partial charge in [0.05, 0.1) is 0 Å². The van der Waals surface area contributed by atoms with Gasteiger partial charge in [-0.3, -0.25) is 0 Å². The van der Waals surface area contributed by atoms with E-state index < -0.39 is 0 Å². The molecule has 2 aromatic carbocycles. The molecule has 0 aromatic heterocycles. The minimum atomic E-state index is 0.625. The highest BCUT2D eigenvalue weighted by Crippen LogP contribution is 2.24. The Kier molecular flexibility index (Phi) is 3.58. The van der Waals surface area contributed by atoms with Crippen molar-refractivity contribution in [2.24, 2.45) is 5.73 Å². The zero-order valence-electron chi connectivity index (χ0n) is 9.87. The average Bonchev–Trinajstić information content (AvgIpc) is 2.35. The quantitative estimate of drug-likeness (QED) is 0.824. The second kappa shape index (κ2) is 5.13. The van der Waals surface area contributed by atoms with E-state index in [4.69, 9.17) is 5.73 Å². The van der Waals surface area contributed by atoms with E-state index in [9.17, 15) is 0 Å². The van der Waals surface area contributed by atoms with Crippen molar-refractivity contribution in [2.75, 3.05) is 0 Å². The van der Waals surface area contributed by atoms with Crippen molar-refractivity contribution in [3.05, 3.63) is 47.5 Å². The van der Waals surface area contributed by atoms with E-state index >= 15 is 0 Å². The van der Waals surface area contributed by atoms with E-state index in [1.165, 1.54) is 34.7 Å². The molecule has 0 saturated heterocycles. The van der Waals surface area contributed by atoms with Crippen molar-refractivity contribution in [3.8, 4) is 0 Å². The molecule has 1 heteroatoms. The highest BCUT2D eigenvalue weighted by atomic mass is 14.5. The van der Waals surface area contributed by atoms with Gasteiger partial charge in [-0.2, -0.15) is 0 Å². The summed E-state index contributed by atoms with van der Waals surface area (Å²) in [5.74, 6) is 0. The van der Waals surface area contributed by atoms with Crippen LogP contribution in [0.15, 0.2) is 36.4 Å². The molecule has 0 amide bonds. The third-order valence-electron chi connectivity index (χ3n) is 3.10. The predicted molar refractivity (Wildman–Crippen MR) is 70.5 cm³/mol. The summed E-state index contributed by atoms with van der Waals surface area (Å²) in [4.78, 5) is 0. The van der Waals surface area contributed by atoms with Gasteiger partial charge in [-0.25, -0.2) is 0 Å². The van der Waals surface area contributed by atoms with Gasteiger partial charge in [-0.1, -0.05) is 49.7 Å². The molecular formula is C15H19N. The molecule has 2 rings (SSSR count). The second-order valence-electron chi connectivity index (χ2n) is 4.24. The summed E-state index contributed by atoms with van der Waals surface area (Å²) < 4.78 is 0. The van der Waals surface area contributed by atoms with Gasteiger partial charge >= 0.3 is 0 Å². The zero-order valence-corrected chi connectivity index (χ0v) is 9.87. The van der Waals surface area contributed by atoms with Crippen LogP contribution in [0.2, 0.25) is 0 Å². The van der Waals surface area contributed by atoms with Crippen molar-refractivity contribution in [1.82, 2.24) is 0 Å². The van der Waals surface area contributed by atoms with Gasteiger partial charge in [0.1, 0.15) is 0 Å². The molecule has 0 fully saturated rings. The van der Waals surface area contributed by atoms with Crippen molar-refractivity contribution in [3.63, 3.8) is 0 Å². The van der Waals surface area contributed by atoms with Crippen LogP contribution in [0.1, 0.15) is 30.9 Å². The number of benzene rings is 2. The molecule has 1 nitrogen and oxygen atoms in total. The Labute approximate surface area is 97.3 Å². The molecule has 0 aliphatic rings. The number of aryl methyl sites for hydroxylation is 1. The maximum atomic E-state index is 5.81. The molecule has 16 heavy (non-hydrogen) atoms. The molecule has 0 unspecified atom stereocenters. The predicted octanol–water partition coefficient (Wildman–Crippen LogP) is 3.64. The molecule has 2 aromatic rings. The fraction of sp³-hybridized carbons (Fsp3) is 0.333. The van der Waals surface area contributed by atoms with Crippen LogP contribution < -0.4 is 5.73 Å². The molecule has 0 spiro atoms. The van der Waals surface area contributed by atoms with Crippen LogP contribution in [0, 0.1) is 0 Å². The third-order valence-corrected chi connectivity index (χ3v) is 3.10. The first-order valence-corrected chi connectivity index (χ1v) is 6.06. The van der Waals surface area contributed by atoms with E-state index in [1.807, 2.05) is 0 Å². The van der Waals surface area contributed by atoms with Crippen LogP contribution in [0.3, 0.4) is 0 Å². The highest BCUT2D eigenvalue weighted by molar-refractivity contribution is 5.88. The highest BCUT2D eigenvalue weighted by Gasteiger charge is 2.04. The van der Waals surface area contributed by atoms with Crippen molar-refractivity contribution in [2.45, 2.75) is 32.7 Å². The first-order chi connectivity index (χ1) is 7.86. The standard InChI is InChI=1S/C15H19N/c1-2-3-6-12-7-4-8-13-9-5-10-14(11-16)15(12)13/h4-5,7-10H,2-3,6,11,16H2,1H3. The Balaban J connectivity index is 2.54. The average molecular weight is 213 g/mol. The molecule has 0 atom stereocenters. The van der Waals surface area contributed by atoms with Crippen molar-refractivity contribution >= 4 is 10.8 Å². The largest absolute Gasteiger partial charge is 0.326 e. The first kappa shape index (κ1) is 11.2. The lowest BCUT2D eigenvalue weighted by atomic mass is 9.96. The summed E-state index contributed by atoms with van der Waals surface area (Å²) in [5.41, 5.74) is 8.53. The number of rotatable bonds is 4. The molecule has 0 saturated carbocycles. The zero-order chi connectivity index (χ0) is 11.4. The lowest BCUT2D eigenvalue weighted by Crippen LogP contribution is -1.99. The molecule has 0 aliphatic carbocycles. The van der Waals surface area contributed by atoms with E-state index in [0.29, 0.717) is 6.54 Å². The summed E-state index contributed by atoms with van der Waals surface area (Å²) in [6.45, 7) is 2.86. The fourth-order valence-corrected chi connectivity index (χ4v) is 2.25. The maximum absolute atomic E-state index is 5.81. The Morgan fingerprint density at radius 2 is 1.69 bits per heavy atom. The van der Waals surface area contributed by atoms with Crippen molar-refractivity contribution < 1.29 is 0 Å². The number of fused-ring (bicyclic) bond motifs is 1. The van der Waals surface area contributed by atoms with E-state index in [-0.39, 0.29) is 0 Å². The van der Waals surface area contributed by atoms with E-state index in [2.05, 4.69) is 43.3 Å². The Hall–Kier alpha value is -1.34. The summed E-state index contributed by atoms with van der Waals surface area (Å²) in [7, 11) is 0. The van der Waals surface area contributed by atoms with Gasteiger partial charge in [0.15, 0.2) is 0 Å². The maximum Gasteiger partial charge on any atom is 0.0184 e. The van der Waals surface area contributed by atoms with Crippen LogP contribution in [0.4, 0.5) is 0 Å². The van der Waals surface area contributed by atoms with Gasteiger partial charge in [0, 0.05) is 6.54 Å². The Bertz CT molecular complexity index is 469. The van der Waals surface area contributed by atoms with Gasteiger partial charge in [-0.15, -0.1) is 0 Å². The van der Waals surface area contributed by atoms with Crippen LogP contribution in [0.5, 0.6) is 0 Å². The summed E-state index contributed by atoms with van der Waals surface area (Å²) in [6.07, 6.45) is 3.64. The Morgan fingerprint density at radius 1 is 1.00 bits per heavy atom. The van der Waals surface area contributed by atoms with Gasteiger partial charge in [-0.05, 0) is 34.7 Å². The van der Waals surface area contributed by atoms with Gasteiger partial charge < -0.3 is 5.73 Å². The SMILES string of the molecule is CCCCc1cccc2cccc(CN)c12. The summed E-state index contributed by atoms with van der Waals surface area (Å²) >= 11 is 0. The molecular weight excluding hydrogens is 194 g/mol. The van der Waals surface area contributed by atoms with E-state index in [0.717, 1.165) is 6.42 Å². The topological polar surface area (TPSA) is 26.0 Å². The molecule has 2 N–H and O–H groups in total. The molecule has 84 valence electrons. The number of hydrogen-bond acceptors (Lipinski definition) is 1. The fourth-order valence-electron chi connectivity index (χ4n) is 2.25. The van der Waals surface area contributed by atoms with Crippen LogP contribution >= 0.6 is 0 Å². The molecule has 0 bridgehead atoms. The number of unbranched alkanes of at least 4 members (excludes halogenated alkanes) is 1. The molecule has 0 heterocycles. The number of nitrogens with two attached hydrogens (primary N) is 1. The summed E-state index contributed by atoms with van der Waals surface area (Å²) in [5, 5.41) is 2.69. The lowest BCUT2D eigenvalue weighted by molar-refractivity contribution is 0.798. The van der Waals surface area contributed by atoms with Crippen LogP contribution in [0.25, 0.3) is 10.8 Å².